The van der Waals surface area contributed by atoms with Crippen LogP contribution in [-0.4, -0.2) is 36.7 Å². The Morgan fingerprint density at radius 1 is 1.00 bits per heavy atom. The Morgan fingerprint density at radius 2 is 1.72 bits per heavy atom. The highest BCUT2D eigenvalue weighted by Gasteiger charge is 2.36. The molecule has 5 heteroatoms. The van der Waals surface area contributed by atoms with Gasteiger partial charge < -0.3 is 9.47 Å². The van der Waals surface area contributed by atoms with Gasteiger partial charge in [-0.15, -0.1) is 0 Å². The van der Waals surface area contributed by atoms with Crippen LogP contribution >= 0.6 is 0 Å². The number of nitrogens with zero attached hydrogens (tertiary/aromatic N) is 1. The Labute approximate surface area is 147 Å². The molecule has 2 aromatic rings. The Balaban J connectivity index is 1.41. The summed E-state index contributed by atoms with van der Waals surface area (Å²) in [6, 6.07) is 16.9. The smallest absolute Gasteiger partial charge is 0.412 e. The highest BCUT2D eigenvalue weighted by Crippen LogP contribution is 2.31. The summed E-state index contributed by atoms with van der Waals surface area (Å²) in [6.07, 6.45) is 1.81. The number of hydrogen-bond donors (Lipinski definition) is 1. The average Bonchev–Trinajstić information content (AvgIpc) is 2.65. The molecule has 0 spiro atoms. The molecule has 1 atom stereocenters. The quantitative estimate of drug-likeness (QED) is 0.911. The van der Waals surface area contributed by atoms with Crippen molar-refractivity contribution < 1.29 is 14.3 Å². The average molecular weight is 338 g/mol. The van der Waals surface area contributed by atoms with Crippen LogP contribution < -0.4 is 10.1 Å². The molecule has 1 unspecified atom stereocenters. The number of nitrogens with one attached hydrogen (secondary N) is 1. The summed E-state index contributed by atoms with van der Waals surface area (Å²) in [5, 5.41) is 2.83. The van der Waals surface area contributed by atoms with Crippen LogP contribution in [0.15, 0.2) is 54.6 Å². The zero-order valence-corrected chi connectivity index (χ0v) is 14.1. The minimum atomic E-state index is -0.414. The van der Waals surface area contributed by atoms with E-state index in [0.717, 1.165) is 38.2 Å². The first-order chi connectivity index (χ1) is 12.3. The molecule has 0 radical (unpaired) electrons. The van der Waals surface area contributed by atoms with Gasteiger partial charge in [-0.05, 0) is 56.1 Å². The number of rotatable bonds is 4. The van der Waals surface area contributed by atoms with Gasteiger partial charge in [-0.2, -0.15) is 0 Å². The molecule has 3 heterocycles. The molecule has 3 aliphatic heterocycles. The lowest BCUT2D eigenvalue weighted by Crippen LogP contribution is -2.52. The predicted molar refractivity (Wildman–Crippen MR) is 96.0 cm³/mol. The highest BCUT2D eigenvalue weighted by atomic mass is 16.6. The van der Waals surface area contributed by atoms with Crippen molar-refractivity contribution in [2.45, 2.75) is 18.9 Å². The number of piperidine rings is 3. The maximum atomic E-state index is 12.4. The van der Waals surface area contributed by atoms with Crippen molar-refractivity contribution in [1.29, 1.82) is 0 Å². The van der Waals surface area contributed by atoms with Crippen molar-refractivity contribution >= 4 is 11.8 Å². The van der Waals surface area contributed by atoms with Gasteiger partial charge in [0.1, 0.15) is 11.9 Å². The van der Waals surface area contributed by atoms with Gasteiger partial charge in [-0.25, -0.2) is 4.79 Å². The molecule has 5 rings (SSSR count). The molecule has 1 amide bonds. The van der Waals surface area contributed by atoms with Gasteiger partial charge in [0.2, 0.25) is 0 Å². The van der Waals surface area contributed by atoms with Gasteiger partial charge in [0.15, 0.2) is 5.75 Å². The van der Waals surface area contributed by atoms with Crippen LogP contribution in [-0.2, 0) is 4.74 Å². The van der Waals surface area contributed by atoms with Gasteiger partial charge >= 0.3 is 6.09 Å². The van der Waals surface area contributed by atoms with Gasteiger partial charge in [0.25, 0.3) is 0 Å². The third-order valence-electron chi connectivity index (χ3n) is 4.95. The van der Waals surface area contributed by atoms with E-state index in [1.54, 1.807) is 0 Å². The number of anilines is 1. The minimum absolute atomic E-state index is 0.00953. The van der Waals surface area contributed by atoms with Gasteiger partial charge in [-0.3, -0.25) is 10.2 Å². The zero-order valence-electron chi connectivity index (χ0n) is 14.1. The standard InChI is InChI=1S/C20H22N2O3/c23-20(25-19-14-22-12-10-15(19)11-13-22)21-17-8-4-5-9-18(17)24-16-6-2-1-3-7-16/h1-9,15,19H,10-14H2,(H,21,23). The van der Waals surface area contributed by atoms with Crippen molar-refractivity contribution in [3.63, 3.8) is 0 Å². The van der Waals surface area contributed by atoms with E-state index in [0.29, 0.717) is 17.4 Å². The summed E-state index contributed by atoms with van der Waals surface area (Å²) in [7, 11) is 0. The second-order valence-electron chi connectivity index (χ2n) is 6.62. The zero-order chi connectivity index (χ0) is 17.1. The van der Waals surface area contributed by atoms with Crippen LogP contribution in [0.1, 0.15) is 12.8 Å². The molecule has 3 saturated heterocycles. The number of fused-ring (bicyclic) bond motifs is 3. The minimum Gasteiger partial charge on any atom is -0.455 e. The Bertz CT molecular complexity index is 727. The fourth-order valence-electron chi connectivity index (χ4n) is 3.60. The molecule has 3 fully saturated rings. The number of carbonyl (C=O) groups excluding carboxylic acids is 1. The molecule has 0 aliphatic carbocycles. The van der Waals surface area contributed by atoms with Gasteiger partial charge in [0.05, 0.1) is 5.69 Å². The SMILES string of the molecule is O=C(Nc1ccccc1Oc1ccccc1)OC1CN2CCC1CC2. The lowest BCUT2D eigenvalue weighted by atomic mass is 9.86. The van der Waals surface area contributed by atoms with E-state index in [1.165, 1.54) is 0 Å². The Kier molecular flexibility index (Phi) is 4.57. The molecular formula is C20H22N2O3. The van der Waals surface area contributed by atoms with Crippen LogP contribution in [0.3, 0.4) is 0 Å². The molecule has 2 bridgehead atoms. The number of benzene rings is 2. The summed E-state index contributed by atoms with van der Waals surface area (Å²) in [5.74, 6) is 1.81. The van der Waals surface area contributed by atoms with Crippen LogP contribution in [0.4, 0.5) is 10.5 Å². The van der Waals surface area contributed by atoms with E-state index in [4.69, 9.17) is 9.47 Å². The van der Waals surface area contributed by atoms with Gasteiger partial charge in [-0.1, -0.05) is 30.3 Å². The maximum absolute atomic E-state index is 12.4. The number of amides is 1. The van der Waals surface area contributed by atoms with E-state index in [1.807, 2.05) is 54.6 Å². The van der Waals surface area contributed by atoms with Crippen molar-refractivity contribution in [2.75, 3.05) is 25.0 Å². The summed E-state index contributed by atoms with van der Waals surface area (Å²) in [5.41, 5.74) is 0.609. The number of hydrogen-bond acceptors (Lipinski definition) is 4. The molecule has 1 N–H and O–H groups in total. The van der Waals surface area contributed by atoms with Crippen LogP contribution in [0.25, 0.3) is 0 Å². The van der Waals surface area contributed by atoms with Crippen LogP contribution in [0, 0.1) is 5.92 Å². The second-order valence-corrected chi connectivity index (χ2v) is 6.62. The highest BCUT2D eigenvalue weighted by molar-refractivity contribution is 5.86. The van der Waals surface area contributed by atoms with E-state index in [9.17, 15) is 4.79 Å². The molecule has 0 aromatic heterocycles. The molecule has 130 valence electrons. The first-order valence-corrected chi connectivity index (χ1v) is 8.80. The topological polar surface area (TPSA) is 50.8 Å². The van der Waals surface area contributed by atoms with E-state index in [-0.39, 0.29) is 6.10 Å². The van der Waals surface area contributed by atoms with E-state index < -0.39 is 6.09 Å². The Hall–Kier alpha value is -2.53. The summed E-state index contributed by atoms with van der Waals surface area (Å²) in [6.45, 7) is 3.10. The number of ether oxygens (including phenoxy) is 2. The summed E-state index contributed by atoms with van der Waals surface area (Å²) < 4.78 is 11.6. The molecule has 25 heavy (non-hydrogen) atoms. The number of para-hydroxylation sites is 3. The summed E-state index contributed by atoms with van der Waals surface area (Å²) >= 11 is 0. The Morgan fingerprint density at radius 3 is 2.44 bits per heavy atom. The van der Waals surface area contributed by atoms with Gasteiger partial charge in [0, 0.05) is 6.54 Å². The van der Waals surface area contributed by atoms with Crippen molar-refractivity contribution in [3.05, 3.63) is 54.6 Å². The largest absolute Gasteiger partial charge is 0.455 e. The van der Waals surface area contributed by atoms with Crippen molar-refractivity contribution in [3.8, 4) is 11.5 Å². The first kappa shape index (κ1) is 16.0. The monoisotopic (exact) mass is 338 g/mol. The predicted octanol–water partition coefficient (Wildman–Crippen LogP) is 4.12. The second kappa shape index (κ2) is 7.15. The fourth-order valence-corrected chi connectivity index (χ4v) is 3.60. The fraction of sp³-hybridized carbons (Fsp3) is 0.350. The molecule has 3 aliphatic rings. The van der Waals surface area contributed by atoms with Crippen LogP contribution in [0.5, 0.6) is 11.5 Å². The van der Waals surface area contributed by atoms with Crippen molar-refractivity contribution in [1.82, 2.24) is 4.90 Å². The number of carbonyl (C=O) groups is 1. The normalized spacial score (nSPS) is 24.6. The molecular weight excluding hydrogens is 316 g/mol. The molecule has 0 saturated carbocycles. The van der Waals surface area contributed by atoms with E-state index >= 15 is 0 Å². The first-order valence-electron chi connectivity index (χ1n) is 8.80. The third-order valence-corrected chi connectivity index (χ3v) is 4.95. The third kappa shape index (κ3) is 3.77. The van der Waals surface area contributed by atoms with E-state index in [2.05, 4.69) is 10.2 Å². The lowest BCUT2D eigenvalue weighted by molar-refractivity contribution is -0.0289. The maximum Gasteiger partial charge on any atom is 0.412 e. The molecule has 2 aromatic carbocycles. The van der Waals surface area contributed by atoms with Crippen LogP contribution in [0.2, 0.25) is 0 Å². The lowest BCUT2D eigenvalue weighted by Gasteiger charge is -2.43. The summed E-state index contributed by atoms with van der Waals surface area (Å²) in [4.78, 5) is 14.7. The van der Waals surface area contributed by atoms with Crippen molar-refractivity contribution in [2.24, 2.45) is 5.92 Å². The molecule has 5 nitrogen and oxygen atoms in total.